The SMILES string of the molecule is CN(Cc1ccccc1-c1ccc2cnc(Nc3nccs3)nn12)[SH](=O)=O. The highest BCUT2D eigenvalue weighted by atomic mass is 32.2. The quantitative estimate of drug-likeness (QED) is 0.483. The average Bonchev–Trinajstić information content (AvgIpc) is 3.31. The van der Waals surface area contributed by atoms with E-state index in [4.69, 9.17) is 0 Å². The fraction of sp³-hybridized carbons (Fsp3) is 0.118. The summed E-state index contributed by atoms with van der Waals surface area (Å²) in [6, 6.07) is 11.6. The number of rotatable bonds is 6. The summed E-state index contributed by atoms with van der Waals surface area (Å²) in [5, 5.41) is 10.2. The lowest BCUT2D eigenvalue weighted by Crippen LogP contribution is -2.16. The minimum absolute atomic E-state index is 0.289. The molecule has 3 aromatic heterocycles. The van der Waals surface area contributed by atoms with Crippen LogP contribution in [0.25, 0.3) is 16.8 Å². The summed E-state index contributed by atoms with van der Waals surface area (Å²) in [5.41, 5.74) is 3.51. The van der Waals surface area contributed by atoms with Crippen LogP contribution in [-0.2, 0) is 17.4 Å². The van der Waals surface area contributed by atoms with E-state index in [-0.39, 0.29) is 6.54 Å². The molecule has 0 bridgehead atoms. The second-order valence-electron chi connectivity index (χ2n) is 5.81. The van der Waals surface area contributed by atoms with Gasteiger partial charge in [-0.25, -0.2) is 27.2 Å². The Morgan fingerprint density at radius 1 is 1.19 bits per heavy atom. The van der Waals surface area contributed by atoms with Crippen molar-refractivity contribution in [1.29, 1.82) is 0 Å². The number of benzene rings is 1. The summed E-state index contributed by atoms with van der Waals surface area (Å²) in [6.45, 7) is 0.289. The second kappa shape index (κ2) is 7.43. The molecule has 0 unspecified atom stereocenters. The van der Waals surface area contributed by atoms with Gasteiger partial charge in [0.25, 0.3) is 0 Å². The Bertz CT molecular complexity index is 1150. The second-order valence-corrected chi connectivity index (χ2v) is 7.86. The van der Waals surface area contributed by atoms with Crippen LogP contribution in [0.5, 0.6) is 0 Å². The highest BCUT2D eigenvalue weighted by molar-refractivity contribution is 7.69. The van der Waals surface area contributed by atoms with Crippen molar-refractivity contribution in [3.63, 3.8) is 0 Å². The third kappa shape index (κ3) is 3.68. The Balaban J connectivity index is 1.76. The lowest BCUT2D eigenvalue weighted by Gasteiger charge is -2.13. The summed E-state index contributed by atoms with van der Waals surface area (Å²) in [4.78, 5) is 8.50. The van der Waals surface area contributed by atoms with Crippen molar-refractivity contribution in [3.8, 4) is 11.3 Å². The molecule has 8 nitrogen and oxygen atoms in total. The molecule has 0 spiro atoms. The third-order valence-electron chi connectivity index (χ3n) is 4.02. The van der Waals surface area contributed by atoms with Crippen LogP contribution < -0.4 is 5.32 Å². The van der Waals surface area contributed by atoms with Crippen LogP contribution in [0.2, 0.25) is 0 Å². The molecule has 1 aromatic carbocycles. The van der Waals surface area contributed by atoms with Gasteiger partial charge in [0.2, 0.25) is 16.8 Å². The van der Waals surface area contributed by atoms with E-state index in [1.54, 1.807) is 24.0 Å². The van der Waals surface area contributed by atoms with Gasteiger partial charge in [-0.1, -0.05) is 24.3 Å². The average molecular weight is 400 g/mol. The van der Waals surface area contributed by atoms with Crippen LogP contribution >= 0.6 is 11.3 Å². The Labute approximate surface area is 161 Å². The zero-order valence-electron chi connectivity index (χ0n) is 14.3. The molecule has 1 N–H and O–H groups in total. The highest BCUT2D eigenvalue weighted by Crippen LogP contribution is 2.27. The summed E-state index contributed by atoms with van der Waals surface area (Å²) in [7, 11) is -1.08. The molecule has 4 rings (SSSR count). The lowest BCUT2D eigenvalue weighted by atomic mass is 10.0. The summed E-state index contributed by atoms with van der Waals surface area (Å²) >= 11 is 1.46. The molecule has 10 heteroatoms. The van der Waals surface area contributed by atoms with Gasteiger partial charge in [0.1, 0.15) is 0 Å². The number of hydrogen-bond donors (Lipinski definition) is 2. The summed E-state index contributed by atoms with van der Waals surface area (Å²) in [5.74, 6) is 0.437. The van der Waals surface area contributed by atoms with Crippen molar-refractivity contribution in [2.24, 2.45) is 0 Å². The molecule has 0 saturated carbocycles. The zero-order chi connectivity index (χ0) is 18.8. The largest absolute Gasteiger partial charge is 0.299 e. The monoisotopic (exact) mass is 400 g/mol. The Kier molecular flexibility index (Phi) is 4.84. The molecular weight excluding hydrogens is 384 g/mol. The molecule has 0 radical (unpaired) electrons. The van der Waals surface area contributed by atoms with E-state index in [2.05, 4.69) is 20.4 Å². The predicted octanol–water partition coefficient (Wildman–Crippen LogP) is 2.55. The topological polar surface area (TPSA) is 92.5 Å². The molecule has 138 valence electrons. The molecule has 0 aliphatic carbocycles. The van der Waals surface area contributed by atoms with Gasteiger partial charge in [-0.05, 0) is 17.7 Å². The van der Waals surface area contributed by atoms with Gasteiger partial charge >= 0.3 is 0 Å². The van der Waals surface area contributed by atoms with Crippen LogP contribution in [0.1, 0.15) is 5.56 Å². The number of nitrogens with one attached hydrogen (secondary N) is 1. The highest BCUT2D eigenvalue weighted by Gasteiger charge is 2.13. The molecule has 0 amide bonds. The Morgan fingerprint density at radius 2 is 2.04 bits per heavy atom. The van der Waals surface area contributed by atoms with Crippen LogP contribution in [0.15, 0.2) is 54.2 Å². The molecule has 0 aliphatic heterocycles. The van der Waals surface area contributed by atoms with Crippen molar-refractivity contribution in [1.82, 2.24) is 23.9 Å². The zero-order valence-corrected chi connectivity index (χ0v) is 16.0. The number of fused-ring (bicyclic) bond motifs is 1. The standard InChI is InChI=1S/C17H16N6O2S2/c1-22(27(24)25)11-12-4-2-3-5-14(12)15-7-6-13-10-19-16(21-23(13)15)20-17-18-8-9-26-17/h2-10,27H,11H2,1H3,(H,18,20,21). The van der Waals surface area contributed by atoms with Crippen molar-refractivity contribution in [2.45, 2.75) is 6.54 Å². The van der Waals surface area contributed by atoms with E-state index >= 15 is 0 Å². The van der Waals surface area contributed by atoms with E-state index in [9.17, 15) is 8.42 Å². The first-order chi connectivity index (χ1) is 13.1. The minimum Gasteiger partial charge on any atom is -0.299 e. The first kappa shape index (κ1) is 17.6. The van der Waals surface area contributed by atoms with Gasteiger partial charge in [-0.2, -0.15) is 0 Å². The maximum Gasteiger partial charge on any atom is 0.247 e. The fourth-order valence-electron chi connectivity index (χ4n) is 2.76. The van der Waals surface area contributed by atoms with E-state index in [1.807, 2.05) is 41.8 Å². The van der Waals surface area contributed by atoms with E-state index in [0.29, 0.717) is 11.1 Å². The van der Waals surface area contributed by atoms with Crippen molar-refractivity contribution < 1.29 is 8.42 Å². The van der Waals surface area contributed by atoms with Gasteiger partial charge in [0.05, 0.1) is 17.4 Å². The first-order valence-corrected chi connectivity index (χ1v) is 10.1. The normalized spacial score (nSPS) is 11.5. The number of anilines is 2. The van der Waals surface area contributed by atoms with Crippen LogP contribution in [0, 0.1) is 0 Å². The van der Waals surface area contributed by atoms with Crippen LogP contribution in [0.4, 0.5) is 11.1 Å². The summed E-state index contributed by atoms with van der Waals surface area (Å²) in [6.07, 6.45) is 3.44. The third-order valence-corrected chi connectivity index (χ3v) is 5.41. The molecular formula is C17H16N6O2S2. The molecule has 27 heavy (non-hydrogen) atoms. The molecule has 0 fully saturated rings. The minimum atomic E-state index is -2.63. The predicted molar refractivity (Wildman–Crippen MR) is 106 cm³/mol. The van der Waals surface area contributed by atoms with Crippen LogP contribution in [-0.4, -0.2) is 39.4 Å². The van der Waals surface area contributed by atoms with E-state index in [0.717, 1.165) is 22.3 Å². The van der Waals surface area contributed by atoms with Crippen molar-refractivity contribution in [3.05, 3.63) is 59.7 Å². The van der Waals surface area contributed by atoms with E-state index in [1.165, 1.54) is 15.6 Å². The van der Waals surface area contributed by atoms with Gasteiger partial charge in [0.15, 0.2) is 5.13 Å². The van der Waals surface area contributed by atoms with Crippen molar-refractivity contribution >= 4 is 38.8 Å². The number of nitrogens with zero attached hydrogens (tertiary/aromatic N) is 5. The first-order valence-electron chi connectivity index (χ1n) is 8.07. The summed E-state index contributed by atoms with van der Waals surface area (Å²) < 4.78 is 25.5. The smallest absolute Gasteiger partial charge is 0.247 e. The van der Waals surface area contributed by atoms with Crippen LogP contribution in [0.3, 0.4) is 0 Å². The maximum absolute atomic E-state index is 11.2. The molecule has 0 saturated heterocycles. The van der Waals surface area contributed by atoms with E-state index < -0.39 is 10.9 Å². The Hall–Kier alpha value is -2.82. The fourth-order valence-corrected chi connectivity index (χ4v) is 3.55. The number of thiazole rings is 1. The molecule has 0 aliphatic rings. The van der Waals surface area contributed by atoms with Crippen molar-refractivity contribution in [2.75, 3.05) is 12.4 Å². The number of hydrogen-bond acceptors (Lipinski definition) is 7. The van der Waals surface area contributed by atoms with Gasteiger partial charge in [0, 0.05) is 30.7 Å². The molecule has 4 aromatic rings. The maximum atomic E-state index is 11.2. The number of thiol groups is 1. The Morgan fingerprint density at radius 3 is 2.81 bits per heavy atom. The number of aromatic nitrogens is 4. The molecule has 3 heterocycles. The van der Waals surface area contributed by atoms with Gasteiger partial charge < -0.3 is 0 Å². The van der Waals surface area contributed by atoms with Gasteiger partial charge in [-0.15, -0.1) is 16.4 Å². The van der Waals surface area contributed by atoms with Gasteiger partial charge in [-0.3, -0.25) is 5.32 Å². The molecule has 0 atom stereocenters. The lowest BCUT2D eigenvalue weighted by molar-refractivity contribution is 0.487.